The van der Waals surface area contributed by atoms with Gasteiger partial charge in [-0.3, -0.25) is 9.78 Å². The van der Waals surface area contributed by atoms with Crippen molar-refractivity contribution >= 4 is 0 Å². The predicted octanol–water partition coefficient (Wildman–Crippen LogP) is 0.398. The molecule has 6 heteroatoms. The molecule has 2 N–H and O–H groups in total. The number of H-pyrrole nitrogens is 2. The van der Waals surface area contributed by atoms with Gasteiger partial charge in [0.15, 0.2) is 0 Å². The molecular formula is C11H10N4O2. The molecule has 0 spiro atoms. The first-order valence-electron chi connectivity index (χ1n) is 5.39. The zero-order chi connectivity index (χ0) is 11.8. The Hall–Kier alpha value is -2.24. The molecule has 0 aromatic carbocycles. The van der Waals surface area contributed by atoms with E-state index < -0.39 is 11.2 Å². The second kappa shape index (κ2) is 3.65. The number of nitrogens with zero attached hydrogens (tertiary/aromatic N) is 2. The van der Waals surface area contributed by atoms with Crippen molar-refractivity contribution in [2.45, 2.75) is 18.8 Å². The number of aromatic nitrogens is 4. The highest BCUT2D eigenvalue weighted by molar-refractivity contribution is 5.56. The zero-order valence-corrected chi connectivity index (χ0v) is 8.93. The van der Waals surface area contributed by atoms with Crippen LogP contribution < -0.4 is 11.2 Å². The molecule has 0 atom stereocenters. The van der Waals surface area contributed by atoms with Crippen molar-refractivity contribution in [3.8, 4) is 11.3 Å². The van der Waals surface area contributed by atoms with Crippen LogP contribution in [0.4, 0.5) is 0 Å². The van der Waals surface area contributed by atoms with Crippen molar-refractivity contribution in [3.05, 3.63) is 44.9 Å². The van der Waals surface area contributed by atoms with Gasteiger partial charge in [0, 0.05) is 6.20 Å². The van der Waals surface area contributed by atoms with Gasteiger partial charge >= 0.3 is 5.69 Å². The summed E-state index contributed by atoms with van der Waals surface area (Å²) in [5.41, 5.74) is 0.952. The van der Waals surface area contributed by atoms with Crippen molar-refractivity contribution in [3.63, 3.8) is 0 Å². The molecule has 6 nitrogen and oxygen atoms in total. The summed E-state index contributed by atoms with van der Waals surface area (Å²) in [4.78, 5) is 27.1. The van der Waals surface area contributed by atoms with Crippen LogP contribution in [0.1, 0.15) is 24.3 Å². The molecule has 3 rings (SSSR count). The summed E-state index contributed by atoms with van der Waals surface area (Å²) in [6.07, 6.45) is 5.41. The minimum absolute atomic E-state index is 0.333. The number of rotatable bonds is 2. The van der Waals surface area contributed by atoms with Crippen LogP contribution in [0.25, 0.3) is 11.3 Å². The fourth-order valence-corrected chi connectivity index (χ4v) is 1.75. The van der Waals surface area contributed by atoms with Gasteiger partial charge in [0.25, 0.3) is 5.56 Å². The Morgan fingerprint density at radius 1 is 1.29 bits per heavy atom. The smallest absolute Gasteiger partial charge is 0.313 e. The van der Waals surface area contributed by atoms with Crippen molar-refractivity contribution in [2.75, 3.05) is 0 Å². The van der Waals surface area contributed by atoms with E-state index >= 15 is 0 Å². The van der Waals surface area contributed by atoms with Gasteiger partial charge in [-0.1, -0.05) is 0 Å². The van der Waals surface area contributed by atoms with Gasteiger partial charge in [0.2, 0.25) is 0 Å². The van der Waals surface area contributed by atoms with Crippen molar-refractivity contribution < 1.29 is 0 Å². The molecule has 2 aromatic rings. The van der Waals surface area contributed by atoms with E-state index in [4.69, 9.17) is 0 Å². The lowest BCUT2D eigenvalue weighted by Gasteiger charge is -2.00. The molecule has 1 aliphatic carbocycles. The van der Waals surface area contributed by atoms with Crippen molar-refractivity contribution in [1.82, 2.24) is 20.2 Å². The summed E-state index contributed by atoms with van der Waals surface area (Å²) in [6, 6.07) is 1.85. The maximum Gasteiger partial charge on any atom is 0.325 e. The van der Waals surface area contributed by atoms with Gasteiger partial charge in [-0.15, -0.1) is 0 Å². The van der Waals surface area contributed by atoms with Crippen LogP contribution in [0.3, 0.4) is 0 Å². The minimum Gasteiger partial charge on any atom is -0.313 e. The Bertz CT molecular complexity index is 669. The second-order valence-electron chi connectivity index (χ2n) is 4.13. The van der Waals surface area contributed by atoms with E-state index in [2.05, 4.69) is 20.2 Å². The van der Waals surface area contributed by atoms with E-state index in [0.29, 0.717) is 17.2 Å². The average Bonchev–Trinajstić information content (AvgIpc) is 3.13. The number of nitrogens with one attached hydrogen (secondary N) is 2. The highest BCUT2D eigenvalue weighted by Crippen LogP contribution is 2.40. The minimum atomic E-state index is -0.523. The second-order valence-corrected chi connectivity index (χ2v) is 4.13. The molecule has 2 heterocycles. The summed E-state index contributed by atoms with van der Waals surface area (Å²) >= 11 is 0. The van der Waals surface area contributed by atoms with E-state index in [1.165, 1.54) is 6.20 Å². The number of aromatic amines is 2. The van der Waals surface area contributed by atoms with Gasteiger partial charge in [-0.2, -0.15) is 10.2 Å². The van der Waals surface area contributed by atoms with Gasteiger partial charge in [-0.25, -0.2) is 4.79 Å². The summed E-state index contributed by atoms with van der Waals surface area (Å²) in [5, 5.41) is 7.81. The van der Waals surface area contributed by atoms with Crippen LogP contribution in [-0.4, -0.2) is 20.2 Å². The molecule has 1 saturated carbocycles. The Balaban J connectivity index is 2.11. The molecule has 2 aromatic heterocycles. The van der Waals surface area contributed by atoms with E-state index in [1.54, 1.807) is 6.20 Å². The topological polar surface area (TPSA) is 91.5 Å². The highest BCUT2D eigenvalue weighted by atomic mass is 16.2. The van der Waals surface area contributed by atoms with Gasteiger partial charge in [-0.05, 0) is 30.4 Å². The van der Waals surface area contributed by atoms with Crippen LogP contribution in [0, 0.1) is 0 Å². The predicted molar refractivity (Wildman–Crippen MR) is 60.7 cm³/mol. The third-order valence-electron chi connectivity index (χ3n) is 2.82. The molecule has 17 heavy (non-hydrogen) atoms. The van der Waals surface area contributed by atoms with E-state index in [1.807, 2.05) is 6.07 Å². The molecule has 0 aliphatic heterocycles. The van der Waals surface area contributed by atoms with Crippen molar-refractivity contribution in [2.24, 2.45) is 0 Å². The average molecular weight is 230 g/mol. The van der Waals surface area contributed by atoms with Crippen LogP contribution in [-0.2, 0) is 0 Å². The molecule has 0 unspecified atom stereocenters. The van der Waals surface area contributed by atoms with E-state index in [0.717, 1.165) is 18.4 Å². The maximum atomic E-state index is 11.6. The fourth-order valence-electron chi connectivity index (χ4n) is 1.75. The molecule has 0 amide bonds. The lowest BCUT2D eigenvalue weighted by Crippen LogP contribution is -2.22. The van der Waals surface area contributed by atoms with Crippen LogP contribution in [0.5, 0.6) is 0 Å². The first-order chi connectivity index (χ1) is 8.24. The Morgan fingerprint density at radius 3 is 2.82 bits per heavy atom. The highest BCUT2D eigenvalue weighted by Gasteiger charge is 2.24. The number of hydrogen-bond donors (Lipinski definition) is 2. The Morgan fingerprint density at radius 2 is 2.12 bits per heavy atom. The normalized spacial score (nSPS) is 14.8. The summed E-state index contributed by atoms with van der Waals surface area (Å²) < 4.78 is 0. The van der Waals surface area contributed by atoms with E-state index in [-0.39, 0.29) is 0 Å². The number of hydrogen-bond acceptors (Lipinski definition) is 4. The lowest BCUT2D eigenvalue weighted by molar-refractivity contribution is 0.970. The van der Waals surface area contributed by atoms with Crippen molar-refractivity contribution in [1.29, 1.82) is 0 Å². The molecule has 1 fully saturated rings. The quantitative estimate of drug-likeness (QED) is 0.781. The van der Waals surface area contributed by atoms with Crippen LogP contribution >= 0.6 is 0 Å². The monoisotopic (exact) mass is 230 g/mol. The maximum absolute atomic E-state index is 11.6. The lowest BCUT2D eigenvalue weighted by atomic mass is 10.1. The van der Waals surface area contributed by atoms with Gasteiger partial charge in [0.05, 0.1) is 11.8 Å². The molecule has 86 valence electrons. The fraction of sp³-hybridized carbons (Fsp3) is 0.273. The molecule has 0 saturated heterocycles. The van der Waals surface area contributed by atoms with Crippen LogP contribution in [0.15, 0.2) is 28.0 Å². The third-order valence-corrected chi connectivity index (χ3v) is 2.82. The largest absolute Gasteiger partial charge is 0.325 e. The SMILES string of the molecule is O=c1[nH]cc(-c2cc(C3CC3)cnn2)c(=O)[nH]1. The third kappa shape index (κ3) is 1.89. The molecular weight excluding hydrogens is 220 g/mol. The first kappa shape index (κ1) is 9.95. The van der Waals surface area contributed by atoms with Gasteiger partial charge < -0.3 is 4.98 Å². The van der Waals surface area contributed by atoms with Gasteiger partial charge in [0.1, 0.15) is 5.69 Å². The Kier molecular flexibility index (Phi) is 2.14. The summed E-state index contributed by atoms with van der Waals surface area (Å²) in [7, 11) is 0. The first-order valence-corrected chi connectivity index (χ1v) is 5.39. The molecule has 1 aliphatic rings. The zero-order valence-electron chi connectivity index (χ0n) is 8.93. The Labute approximate surface area is 95.7 Å². The molecule has 0 bridgehead atoms. The standard InChI is InChI=1S/C11H10N4O2/c16-10-8(5-12-11(17)14-10)9-3-7(4-13-15-9)6-1-2-6/h3-6H,1-2H2,(H2,12,14,16,17). The summed E-state index contributed by atoms with van der Waals surface area (Å²) in [5.74, 6) is 0.547. The van der Waals surface area contributed by atoms with Crippen LogP contribution in [0.2, 0.25) is 0 Å². The molecule has 0 radical (unpaired) electrons. The van der Waals surface area contributed by atoms with E-state index in [9.17, 15) is 9.59 Å². The summed E-state index contributed by atoms with van der Waals surface area (Å²) in [6.45, 7) is 0.